The predicted octanol–water partition coefficient (Wildman–Crippen LogP) is 4.01. The molecule has 2 aromatic rings. The number of methoxy groups -OCH3 is 1. The first-order valence-electron chi connectivity index (χ1n) is 5.97. The molecule has 2 aromatic carbocycles. The lowest BCUT2D eigenvalue weighted by molar-refractivity contribution is 0.172. The Hall–Kier alpha value is -1.46. The second kappa shape index (κ2) is 6.33. The van der Waals surface area contributed by atoms with Gasteiger partial charge in [0.2, 0.25) is 0 Å². The molecule has 1 N–H and O–H groups in total. The minimum Gasteiger partial charge on any atom is -0.496 e. The van der Waals surface area contributed by atoms with Crippen molar-refractivity contribution in [1.29, 1.82) is 0 Å². The highest BCUT2D eigenvalue weighted by molar-refractivity contribution is 9.10. The molecule has 1 unspecified atom stereocenters. The molecule has 0 spiro atoms. The summed E-state index contributed by atoms with van der Waals surface area (Å²) in [7, 11) is 1.52. The van der Waals surface area contributed by atoms with Gasteiger partial charge in [-0.3, -0.25) is 0 Å². The number of para-hydroxylation sites is 1. The predicted molar refractivity (Wildman–Crippen MR) is 75.7 cm³/mol. The first-order valence-corrected chi connectivity index (χ1v) is 6.76. The van der Waals surface area contributed by atoms with Gasteiger partial charge in [-0.25, -0.2) is 8.78 Å². The van der Waals surface area contributed by atoms with Crippen LogP contribution in [0, 0.1) is 11.6 Å². The molecule has 0 aliphatic carbocycles. The maximum atomic E-state index is 13.8. The summed E-state index contributed by atoms with van der Waals surface area (Å²) < 4.78 is 32.4. The molecule has 0 heterocycles. The number of benzene rings is 2. The Balaban J connectivity index is 2.28. The molecule has 0 saturated carbocycles. The Morgan fingerprint density at radius 3 is 2.60 bits per heavy atom. The van der Waals surface area contributed by atoms with E-state index in [1.807, 2.05) is 0 Å². The Morgan fingerprint density at radius 2 is 1.90 bits per heavy atom. The topological polar surface area (TPSA) is 29.5 Å². The van der Waals surface area contributed by atoms with Crippen molar-refractivity contribution in [3.05, 3.63) is 63.6 Å². The van der Waals surface area contributed by atoms with E-state index in [2.05, 4.69) is 15.9 Å². The van der Waals surface area contributed by atoms with Crippen LogP contribution in [-0.4, -0.2) is 12.2 Å². The first kappa shape index (κ1) is 14.9. The van der Waals surface area contributed by atoms with Gasteiger partial charge in [0.25, 0.3) is 0 Å². The first-order chi connectivity index (χ1) is 9.52. The molecule has 0 aromatic heterocycles. The van der Waals surface area contributed by atoms with Gasteiger partial charge >= 0.3 is 0 Å². The van der Waals surface area contributed by atoms with Crippen LogP contribution in [0.1, 0.15) is 17.2 Å². The van der Waals surface area contributed by atoms with Gasteiger partial charge in [0, 0.05) is 12.0 Å². The molecule has 2 rings (SSSR count). The average molecular weight is 343 g/mol. The zero-order chi connectivity index (χ0) is 14.7. The quantitative estimate of drug-likeness (QED) is 0.850. The van der Waals surface area contributed by atoms with E-state index in [1.165, 1.54) is 7.11 Å². The molecule has 2 nitrogen and oxygen atoms in total. The number of aliphatic hydroxyl groups excluding tert-OH is 1. The Kier molecular flexibility index (Phi) is 4.73. The smallest absolute Gasteiger partial charge is 0.137 e. The maximum absolute atomic E-state index is 13.8. The number of aliphatic hydroxyl groups is 1. The monoisotopic (exact) mass is 342 g/mol. The van der Waals surface area contributed by atoms with Gasteiger partial charge in [0.15, 0.2) is 0 Å². The molecule has 20 heavy (non-hydrogen) atoms. The highest BCUT2D eigenvalue weighted by Gasteiger charge is 2.18. The van der Waals surface area contributed by atoms with Crippen molar-refractivity contribution in [2.45, 2.75) is 12.5 Å². The molecule has 0 radical (unpaired) electrons. The third-order valence-corrected chi connectivity index (χ3v) is 3.61. The molecule has 0 fully saturated rings. The van der Waals surface area contributed by atoms with Gasteiger partial charge in [-0.1, -0.05) is 18.2 Å². The largest absolute Gasteiger partial charge is 0.496 e. The van der Waals surface area contributed by atoms with Crippen LogP contribution in [0.2, 0.25) is 0 Å². The fourth-order valence-electron chi connectivity index (χ4n) is 1.98. The number of hydrogen-bond acceptors (Lipinski definition) is 2. The third-order valence-electron chi connectivity index (χ3n) is 3.00. The van der Waals surface area contributed by atoms with Crippen LogP contribution in [-0.2, 0) is 6.42 Å². The Labute approximate surface area is 124 Å². The number of rotatable bonds is 4. The van der Waals surface area contributed by atoms with Crippen molar-refractivity contribution in [3.8, 4) is 5.75 Å². The van der Waals surface area contributed by atoms with Crippen LogP contribution < -0.4 is 4.74 Å². The zero-order valence-corrected chi connectivity index (χ0v) is 12.3. The van der Waals surface area contributed by atoms with Crippen LogP contribution in [0.15, 0.2) is 40.9 Å². The third kappa shape index (κ3) is 3.16. The lowest BCUT2D eigenvalue weighted by Crippen LogP contribution is -2.06. The molecule has 0 amide bonds. The summed E-state index contributed by atoms with van der Waals surface area (Å²) in [4.78, 5) is 0. The van der Waals surface area contributed by atoms with E-state index in [9.17, 15) is 13.9 Å². The van der Waals surface area contributed by atoms with Crippen LogP contribution in [0.5, 0.6) is 5.75 Å². The van der Waals surface area contributed by atoms with E-state index < -0.39 is 17.7 Å². The molecule has 0 saturated heterocycles. The molecule has 1 atom stereocenters. The summed E-state index contributed by atoms with van der Waals surface area (Å²) in [5.74, 6) is -0.661. The summed E-state index contributed by atoms with van der Waals surface area (Å²) in [6.07, 6.45) is -1.00. The Morgan fingerprint density at radius 1 is 1.20 bits per heavy atom. The number of halogens is 3. The van der Waals surface area contributed by atoms with E-state index >= 15 is 0 Å². The molecular formula is C15H13BrF2O2. The summed E-state index contributed by atoms with van der Waals surface area (Å²) in [5, 5.41) is 10.1. The molecule has 106 valence electrons. The van der Waals surface area contributed by atoms with Crippen molar-refractivity contribution in [1.82, 2.24) is 0 Å². The number of hydrogen-bond donors (Lipinski definition) is 1. The maximum Gasteiger partial charge on any atom is 0.137 e. The van der Waals surface area contributed by atoms with Crippen LogP contribution in [0.4, 0.5) is 8.78 Å². The lowest BCUT2D eigenvalue weighted by atomic mass is 10.00. The van der Waals surface area contributed by atoms with Crippen molar-refractivity contribution in [2.75, 3.05) is 7.11 Å². The summed E-state index contributed by atoms with van der Waals surface area (Å²) in [5.41, 5.74) is 0.654. The van der Waals surface area contributed by atoms with Gasteiger partial charge < -0.3 is 9.84 Å². The van der Waals surface area contributed by atoms with Crippen molar-refractivity contribution >= 4 is 15.9 Å². The van der Waals surface area contributed by atoms with Gasteiger partial charge in [0.05, 0.1) is 17.7 Å². The van der Waals surface area contributed by atoms with E-state index in [0.717, 1.165) is 17.7 Å². The van der Waals surface area contributed by atoms with Gasteiger partial charge in [0.1, 0.15) is 17.4 Å². The van der Waals surface area contributed by atoms with Crippen LogP contribution >= 0.6 is 15.9 Å². The average Bonchev–Trinajstić information content (AvgIpc) is 2.43. The van der Waals surface area contributed by atoms with Gasteiger partial charge in [-0.2, -0.15) is 0 Å². The summed E-state index contributed by atoms with van der Waals surface area (Å²) in [6, 6.07) is 9.13. The van der Waals surface area contributed by atoms with Crippen LogP contribution in [0.3, 0.4) is 0 Å². The van der Waals surface area contributed by atoms with Crippen molar-refractivity contribution < 1.29 is 18.6 Å². The molecule has 0 aliphatic rings. The highest BCUT2D eigenvalue weighted by Crippen LogP contribution is 2.28. The molecule has 0 aliphatic heterocycles. The summed E-state index contributed by atoms with van der Waals surface area (Å²) in [6.45, 7) is 0. The number of ether oxygens (including phenoxy) is 1. The Bertz CT molecular complexity index is 617. The second-order valence-electron chi connectivity index (χ2n) is 4.32. The van der Waals surface area contributed by atoms with Crippen molar-refractivity contribution in [2.24, 2.45) is 0 Å². The standard InChI is InChI=1S/C15H13BrF2O2/c1-20-15-5-3-2-4-9(15)6-14(19)10-7-13(18)11(16)8-12(10)17/h2-5,7-8,14,19H,6H2,1H3. The molecule has 5 heteroatoms. The lowest BCUT2D eigenvalue weighted by Gasteiger charge is -2.15. The minimum absolute atomic E-state index is 0.0308. The van der Waals surface area contributed by atoms with Crippen molar-refractivity contribution in [3.63, 3.8) is 0 Å². The van der Waals surface area contributed by atoms with E-state index in [0.29, 0.717) is 5.75 Å². The van der Waals surface area contributed by atoms with E-state index in [1.54, 1.807) is 24.3 Å². The fraction of sp³-hybridized carbons (Fsp3) is 0.200. The van der Waals surface area contributed by atoms with E-state index in [4.69, 9.17) is 4.74 Å². The molecular weight excluding hydrogens is 330 g/mol. The van der Waals surface area contributed by atoms with E-state index in [-0.39, 0.29) is 16.5 Å². The van der Waals surface area contributed by atoms with Gasteiger partial charge in [-0.05, 0) is 39.7 Å². The van der Waals surface area contributed by atoms with Crippen LogP contribution in [0.25, 0.3) is 0 Å². The summed E-state index contributed by atoms with van der Waals surface area (Å²) >= 11 is 2.90. The minimum atomic E-state index is -1.14. The normalized spacial score (nSPS) is 12.2. The zero-order valence-electron chi connectivity index (χ0n) is 10.7. The second-order valence-corrected chi connectivity index (χ2v) is 5.17. The van der Waals surface area contributed by atoms with Gasteiger partial charge in [-0.15, -0.1) is 0 Å². The highest BCUT2D eigenvalue weighted by atomic mass is 79.9. The fourth-order valence-corrected chi connectivity index (χ4v) is 2.30. The SMILES string of the molecule is COc1ccccc1CC(O)c1cc(F)c(Br)cc1F. The molecule has 0 bridgehead atoms.